The van der Waals surface area contributed by atoms with Crippen molar-refractivity contribution in [1.29, 1.82) is 0 Å². The number of nitro benzene ring substituents is 2. The molecule has 0 atom stereocenters. The minimum atomic E-state index is -0.626. The number of hydrogen-bond donors (Lipinski definition) is 0. The molecule has 0 aliphatic heterocycles. The molecule has 14 heavy (non-hydrogen) atoms. The Balaban J connectivity index is 3.38. The molecular weight excluding hydrogens is 324 g/mol. The second-order valence-electron chi connectivity index (χ2n) is 2.27. The van der Waals surface area contributed by atoms with Crippen molar-refractivity contribution in [3.05, 3.63) is 41.3 Å². The molecule has 1 aromatic rings. The summed E-state index contributed by atoms with van der Waals surface area (Å²) in [5.41, 5.74) is -0.440. The summed E-state index contributed by atoms with van der Waals surface area (Å²) < 4.78 is 0.162. The molecule has 0 N–H and O–H groups in total. The van der Waals surface area contributed by atoms with E-state index in [9.17, 15) is 20.2 Å². The summed E-state index contributed by atoms with van der Waals surface area (Å²) in [5, 5.41) is 20.9. The van der Waals surface area contributed by atoms with E-state index in [4.69, 9.17) is 0 Å². The number of nitro groups is 2. The van der Waals surface area contributed by atoms with Crippen LogP contribution in [-0.4, -0.2) is 9.85 Å². The predicted octanol–water partition coefficient (Wildman–Crippen LogP) is 3.03. The van der Waals surface area contributed by atoms with E-state index in [2.05, 4.69) is 31.9 Å². The first-order valence-electron chi connectivity index (χ1n) is 3.21. The highest BCUT2D eigenvalue weighted by Crippen LogP contribution is 2.35. The van der Waals surface area contributed by atoms with Gasteiger partial charge in [-0.15, -0.1) is 0 Å². The van der Waals surface area contributed by atoms with Crippen molar-refractivity contribution in [3.63, 3.8) is 0 Å². The van der Waals surface area contributed by atoms with Gasteiger partial charge in [-0.05, 0) is 31.9 Å². The Labute approximate surface area is 94.5 Å². The van der Waals surface area contributed by atoms with E-state index in [0.717, 1.165) is 12.1 Å². The van der Waals surface area contributed by atoms with E-state index in [1.165, 1.54) is 0 Å². The topological polar surface area (TPSA) is 86.3 Å². The maximum Gasteiger partial charge on any atom is 0.285 e. The molecule has 0 aliphatic carbocycles. The van der Waals surface area contributed by atoms with Gasteiger partial charge in [-0.2, -0.15) is 0 Å². The van der Waals surface area contributed by atoms with Gasteiger partial charge in [0.2, 0.25) is 0 Å². The highest BCUT2D eigenvalue weighted by molar-refractivity contribution is 9.11. The van der Waals surface area contributed by atoms with Gasteiger partial charge in [0.05, 0.1) is 9.85 Å². The van der Waals surface area contributed by atoms with Gasteiger partial charge in [0, 0.05) is 12.1 Å². The van der Waals surface area contributed by atoms with Crippen LogP contribution in [0.1, 0.15) is 0 Å². The zero-order valence-electron chi connectivity index (χ0n) is 6.44. The Morgan fingerprint density at radius 2 is 1.21 bits per heavy atom. The van der Waals surface area contributed by atoms with Crippen molar-refractivity contribution in [2.75, 3.05) is 0 Å². The summed E-state index contributed by atoms with van der Waals surface area (Å²) >= 11 is 5.77. The first-order valence-corrected chi connectivity index (χ1v) is 4.80. The van der Waals surface area contributed by atoms with Crippen molar-refractivity contribution >= 4 is 43.2 Å². The standard InChI is InChI=1S/C6H2Br2N2O4/c7-3-1-5(9(11)12)4(8)2-6(3)10(13)14/h1-2H. The van der Waals surface area contributed by atoms with E-state index in [1.807, 2.05) is 0 Å². The van der Waals surface area contributed by atoms with Gasteiger partial charge in [0.25, 0.3) is 11.4 Å². The van der Waals surface area contributed by atoms with E-state index in [0.29, 0.717) is 0 Å². The van der Waals surface area contributed by atoms with Gasteiger partial charge in [-0.3, -0.25) is 20.2 Å². The minimum absolute atomic E-state index is 0.0809. The zero-order valence-corrected chi connectivity index (χ0v) is 9.61. The Kier molecular flexibility index (Phi) is 3.17. The average molecular weight is 326 g/mol. The molecule has 0 bridgehead atoms. The molecular formula is C6H2Br2N2O4. The molecule has 1 aromatic carbocycles. The maximum absolute atomic E-state index is 10.4. The van der Waals surface area contributed by atoms with Crippen LogP contribution in [-0.2, 0) is 0 Å². The largest absolute Gasteiger partial charge is 0.285 e. The molecule has 0 fully saturated rings. The molecule has 0 saturated heterocycles. The van der Waals surface area contributed by atoms with Crippen LogP contribution < -0.4 is 0 Å². The summed E-state index contributed by atoms with van der Waals surface area (Å²) in [6, 6.07) is 2.17. The van der Waals surface area contributed by atoms with Crippen LogP contribution in [0, 0.1) is 20.2 Å². The molecule has 8 heteroatoms. The van der Waals surface area contributed by atoms with E-state index < -0.39 is 9.85 Å². The van der Waals surface area contributed by atoms with E-state index in [1.54, 1.807) is 0 Å². The van der Waals surface area contributed by atoms with Crippen LogP contribution in [0.2, 0.25) is 0 Å². The first kappa shape index (κ1) is 11.1. The molecule has 1 rings (SSSR count). The Hall–Kier alpha value is -1.02. The summed E-state index contributed by atoms with van der Waals surface area (Å²) in [5.74, 6) is 0. The molecule has 0 aliphatic rings. The Morgan fingerprint density at radius 3 is 1.43 bits per heavy atom. The molecule has 6 nitrogen and oxygen atoms in total. The fraction of sp³-hybridized carbons (Fsp3) is 0. The molecule has 0 radical (unpaired) electrons. The minimum Gasteiger partial charge on any atom is -0.258 e. The Morgan fingerprint density at radius 1 is 0.929 bits per heavy atom. The Bertz CT molecular complexity index is 381. The normalized spacial score (nSPS) is 9.86. The van der Waals surface area contributed by atoms with Gasteiger partial charge in [-0.25, -0.2) is 0 Å². The SMILES string of the molecule is O=[N+]([O-])c1cc(Br)c([N+](=O)[O-])cc1Br. The van der Waals surface area contributed by atoms with Gasteiger partial charge < -0.3 is 0 Å². The fourth-order valence-corrected chi connectivity index (χ4v) is 1.76. The highest BCUT2D eigenvalue weighted by atomic mass is 79.9. The third kappa shape index (κ3) is 2.07. The summed E-state index contributed by atoms with van der Waals surface area (Å²) in [7, 11) is 0. The zero-order chi connectivity index (χ0) is 10.9. The molecule has 0 saturated carbocycles. The van der Waals surface area contributed by atoms with Crippen molar-refractivity contribution in [2.24, 2.45) is 0 Å². The molecule has 0 amide bonds. The summed E-state index contributed by atoms with van der Waals surface area (Å²) in [6.07, 6.45) is 0. The lowest BCUT2D eigenvalue weighted by Crippen LogP contribution is -1.94. The molecule has 74 valence electrons. The quantitative estimate of drug-likeness (QED) is 0.617. The maximum atomic E-state index is 10.4. The second kappa shape index (κ2) is 4.01. The van der Waals surface area contributed by atoms with Crippen LogP contribution in [0.3, 0.4) is 0 Å². The molecule has 0 heterocycles. The third-order valence-electron chi connectivity index (χ3n) is 1.41. The van der Waals surface area contributed by atoms with E-state index >= 15 is 0 Å². The average Bonchev–Trinajstić information content (AvgIpc) is 2.07. The lowest BCUT2D eigenvalue weighted by Gasteiger charge is -1.97. The lowest BCUT2D eigenvalue weighted by molar-refractivity contribution is -0.390. The monoisotopic (exact) mass is 324 g/mol. The lowest BCUT2D eigenvalue weighted by atomic mass is 10.3. The van der Waals surface area contributed by atoms with Crippen LogP contribution >= 0.6 is 31.9 Å². The van der Waals surface area contributed by atoms with Gasteiger partial charge in [-0.1, -0.05) is 0 Å². The van der Waals surface area contributed by atoms with Crippen LogP contribution in [0.5, 0.6) is 0 Å². The number of halogens is 2. The molecule has 0 spiro atoms. The number of rotatable bonds is 2. The van der Waals surface area contributed by atoms with Crippen molar-refractivity contribution in [2.45, 2.75) is 0 Å². The van der Waals surface area contributed by atoms with Gasteiger partial charge in [0.15, 0.2) is 0 Å². The fourth-order valence-electron chi connectivity index (χ4n) is 0.806. The van der Waals surface area contributed by atoms with Crippen molar-refractivity contribution in [1.82, 2.24) is 0 Å². The first-order chi connectivity index (χ1) is 6.43. The van der Waals surface area contributed by atoms with Crippen LogP contribution in [0.15, 0.2) is 21.1 Å². The molecule has 0 aromatic heterocycles. The summed E-state index contributed by atoms with van der Waals surface area (Å²) in [6.45, 7) is 0. The smallest absolute Gasteiger partial charge is 0.258 e. The second-order valence-corrected chi connectivity index (χ2v) is 3.98. The van der Waals surface area contributed by atoms with Gasteiger partial charge >= 0.3 is 0 Å². The highest BCUT2D eigenvalue weighted by Gasteiger charge is 2.20. The summed E-state index contributed by atoms with van der Waals surface area (Å²) in [4.78, 5) is 19.6. The number of hydrogen-bond acceptors (Lipinski definition) is 4. The van der Waals surface area contributed by atoms with Crippen LogP contribution in [0.25, 0.3) is 0 Å². The van der Waals surface area contributed by atoms with Crippen LogP contribution in [0.4, 0.5) is 11.4 Å². The third-order valence-corrected chi connectivity index (χ3v) is 2.68. The number of benzene rings is 1. The van der Waals surface area contributed by atoms with Crippen molar-refractivity contribution < 1.29 is 9.85 Å². The van der Waals surface area contributed by atoms with Gasteiger partial charge in [0.1, 0.15) is 8.95 Å². The van der Waals surface area contributed by atoms with Crippen molar-refractivity contribution in [3.8, 4) is 0 Å². The molecule has 0 unspecified atom stereocenters. The predicted molar refractivity (Wildman–Crippen MR) is 55.2 cm³/mol. The number of nitrogens with zero attached hydrogens (tertiary/aromatic N) is 2. The van der Waals surface area contributed by atoms with E-state index in [-0.39, 0.29) is 20.3 Å².